The topological polar surface area (TPSA) is 45.2 Å². The van der Waals surface area contributed by atoms with Gasteiger partial charge < -0.3 is 10.2 Å². The lowest BCUT2D eigenvalue weighted by atomic mass is 10.2. The average Bonchev–Trinajstić information content (AvgIpc) is 2.17. The van der Waals surface area contributed by atoms with E-state index in [2.05, 4.69) is 40.1 Å². The van der Waals surface area contributed by atoms with Gasteiger partial charge in [-0.1, -0.05) is 20.3 Å². The lowest BCUT2D eigenvalue weighted by molar-refractivity contribution is -0.115. The summed E-state index contributed by atoms with van der Waals surface area (Å²) in [5.74, 6) is -0.00472. The van der Waals surface area contributed by atoms with Crippen LogP contribution in [0.25, 0.3) is 0 Å². The smallest absolute Gasteiger partial charge is 0.243 e. The van der Waals surface area contributed by atoms with Gasteiger partial charge in [-0.05, 0) is 15.9 Å². The highest BCUT2D eigenvalue weighted by Crippen LogP contribution is 2.34. The van der Waals surface area contributed by atoms with Crippen LogP contribution in [0.2, 0.25) is 0 Å². The normalized spacial score (nSPS) is 13.5. The van der Waals surface area contributed by atoms with Gasteiger partial charge in [-0.15, -0.1) is 0 Å². The second-order valence-corrected chi connectivity index (χ2v) is 4.48. The first-order valence-electron chi connectivity index (χ1n) is 5.24. The van der Waals surface area contributed by atoms with Crippen molar-refractivity contribution in [3.05, 3.63) is 16.9 Å². The van der Waals surface area contributed by atoms with E-state index in [0.29, 0.717) is 6.54 Å². The molecule has 88 valence electrons. The summed E-state index contributed by atoms with van der Waals surface area (Å²) < 4.78 is 0.896. The number of nitrogens with one attached hydrogen (secondary N) is 1. The van der Waals surface area contributed by atoms with Crippen LogP contribution in [0.1, 0.15) is 20.3 Å². The first kappa shape index (κ1) is 13.0. The highest BCUT2D eigenvalue weighted by Gasteiger charge is 2.21. The van der Waals surface area contributed by atoms with Crippen LogP contribution >= 0.6 is 15.9 Å². The van der Waals surface area contributed by atoms with Gasteiger partial charge in [-0.2, -0.15) is 0 Å². The molecule has 0 radical (unpaired) electrons. The first-order chi connectivity index (χ1) is 7.60. The maximum absolute atomic E-state index is 11.2. The zero-order valence-electron chi connectivity index (χ0n) is 9.75. The molecule has 2 rings (SSSR count). The molecule has 1 aromatic heterocycles. The number of halogens is 1. The second kappa shape index (κ2) is 5.84. The molecule has 1 N–H and O–H groups in total. The Hall–Kier alpha value is -1.10. The number of rotatable bonds is 0. The van der Waals surface area contributed by atoms with Crippen LogP contribution in [0.3, 0.4) is 0 Å². The van der Waals surface area contributed by atoms with E-state index in [1.165, 1.54) is 6.42 Å². The fraction of sp³-hybridized carbons (Fsp3) is 0.455. The second-order valence-electron chi connectivity index (χ2n) is 3.63. The summed E-state index contributed by atoms with van der Waals surface area (Å²) in [7, 11) is 1.88. The molecule has 4 nitrogen and oxygen atoms in total. The summed E-state index contributed by atoms with van der Waals surface area (Å²) in [4.78, 5) is 17.0. The zero-order valence-corrected chi connectivity index (χ0v) is 11.3. The third-order valence-electron chi connectivity index (χ3n) is 1.91. The van der Waals surface area contributed by atoms with Gasteiger partial charge in [0.05, 0.1) is 28.6 Å². The summed E-state index contributed by atoms with van der Waals surface area (Å²) >= 11 is 3.39. The van der Waals surface area contributed by atoms with Crippen molar-refractivity contribution < 1.29 is 4.79 Å². The Kier molecular flexibility index (Phi) is 4.73. The molecule has 0 unspecified atom stereocenters. The maximum Gasteiger partial charge on any atom is 0.243 e. The number of carbonyl (C=O) groups excluding carboxylic acids is 1. The van der Waals surface area contributed by atoms with Crippen LogP contribution < -0.4 is 10.2 Å². The molecular formula is C11H16BrN3O. The lowest BCUT2D eigenvalue weighted by Crippen LogP contribution is -2.35. The number of anilines is 2. The van der Waals surface area contributed by atoms with Crippen molar-refractivity contribution >= 4 is 33.2 Å². The Morgan fingerprint density at radius 3 is 2.75 bits per heavy atom. The SMILES string of the molecule is CCC.CN1CC(=O)Nc2cncc(Br)c21. The van der Waals surface area contributed by atoms with Crippen LogP contribution in [0.15, 0.2) is 16.9 Å². The largest absolute Gasteiger partial charge is 0.363 e. The highest BCUT2D eigenvalue weighted by molar-refractivity contribution is 9.10. The van der Waals surface area contributed by atoms with Crippen LogP contribution in [-0.2, 0) is 4.79 Å². The number of carbonyl (C=O) groups is 1. The summed E-state index contributed by atoms with van der Waals surface area (Å²) in [6.45, 7) is 4.63. The number of pyridine rings is 1. The van der Waals surface area contributed by atoms with Crippen LogP contribution in [0, 0.1) is 0 Å². The number of aromatic nitrogens is 1. The zero-order chi connectivity index (χ0) is 12.1. The van der Waals surface area contributed by atoms with Gasteiger partial charge in [0.2, 0.25) is 5.91 Å². The van der Waals surface area contributed by atoms with Crippen LogP contribution in [-0.4, -0.2) is 24.5 Å². The molecule has 1 aromatic rings. The van der Waals surface area contributed by atoms with E-state index < -0.39 is 0 Å². The number of hydrogen-bond donors (Lipinski definition) is 1. The number of hydrogen-bond acceptors (Lipinski definition) is 3. The van der Waals surface area contributed by atoms with Gasteiger partial charge >= 0.3 is 0 Å². The molecule has 16 heavy (non-hydrogen) atoms. The van der Waals surface area contributed by atoms with Crippen molar-refractivity contribution in [2.45, 2.75) is 20.3 Å². The number of amides is 1. The molecule has 0 spiro atoms. The molecule has 0 fully saturated rings. The minimum atomic E-state index is -0.00472. The summed E-state index contributed by atoms with van der Waals surface area (Å²) in [5.41, 5.74) is 1.74. The molecule has 1 aliphatic heterocycles. The van der Waals surface area contributed by atoms with Gasteiger partial charge in [-0.3, -0.25) is 9.78 Å². The van der Waals surface area contributed by atoms with Crippen molar-refractivity contribution in [3.8, 4) is 0 Å². The Morgan fingerprint density at radius 2 is 2.12 bits per heavy atom. The van der Waals surface area contributed by atoms with Crippen molar-refractivity contribution in [3.63, 3.8) is 0 Å². The molecule has 5 heteroatoms. The Morgan fingerprint density at radius 1 is 1.50 bits per heavy atom. The molecule has 1 aliphatic rings. The monoisotopic (exact) mass is 285 g/mol. The predicted molar refractivity (Wildman–Crippen MR) is 69.8 cm³/mol. The molecule has 0 aliphatic carbocycles. The van der Waals surface area contributed by atoms with Crippen LogP contribution in [0.5, 0.6) is 0 Å². The Bertz CT molecular complexity index is 381. The van der Waals surface area contributed by atoms with E-state index in [1.54, 1.807) is 12.4 Å². The van der Waals surface area contributed by atoms with E-state index >= 15 is 0 Å². The fourth-order valence-electron chi connectivity index (χ4n) is 1.39. The Labute approximate surface area is 104 Å². The van der Waals surface area contributed by atoms with Gasteiger partial charge in [0.1, 0.15) is 0 Å². The van der Waals surface area contributed by atoms with Crippen molar-refractivity contribution in [2.24, 2.45) is 0 Å². The van der Waals surface area contributed by atoms with Crippen molar-refractivity contribution in [1.29, 1.82) is 0 Å². The van der Waals surface area contributed by atoms with Gasteiger partial charge in [-0.25, -0.2) is 0 Å². The molecule has 0 saturated heterocycles. The molecule has 0 atom stereocenters. The van der Waals surface area contributed by atoms with E-state index in [-0.39, 0.29) is 5.91 Å². The molecule has 2 heterocycles. The molecule has 0 saturated carbocycles. The van der Waals surface area contributed by atoms with Crippen molar-refractivity contribution in [1.82, 2.24) is 4.98 Å². The highest BCUT2D eigenvalue weighted by atomic mass is 79.9. The summed E-state index contributed by atoms with van der Waals surface area (Å²) in [6, 6.07) is 0. The van der Waals surface area contributed by atoms with E-state index in [1.807, 2.05) is 11.9 Å². The average molecular weight is 286 g/mol. The maximum atomic E-state index is 11.2. The minimum Gasteiger partial charge on any atom is -0.363 e. The third-order valence-corrected chi connectivity index (χ3v) is 2.49. The van der Waals surface area contributed by atoms with Gasteiger partial charge in [0.15, 0.2) is 0 Å². The number of fused-ring (bicyclic) bond motifs is 1. The lowest BCUT2D eigenvalue weighted by Gasteiger charge is -2.27. The standard InChI is InChI=1S/C8H8BrN3O.C3H8/c1-12-4-7(13)11-6-3-10-2-5(9)8(6)12;1-3-2/h2-3H,4H2,1H3,(H,11,13);3H2,1-2H3. The number of nitrogens with zero attached hydrogens (tertiary/aromatic N) is 2. The molecule has 0 bridgehead atoms. The van der Waals surface area contributed by atoms with Crippen molar-refractivity contribution in [2.75, 3.05) is 23.8 Å². The minimum absolute atomic E-state index is 0.00472. The van der Waals surface area contributed by atoms with Gasteiger partial charge in [0.25, 0.3) is 0 Å². The molecule has 0 aromatic carbocycles. The Balaban J connectivity index is 0.000000386. The third kappa shape index (κ3) is 2.95. The quantitative estimate of drug-likeness (QED) is 0.797. The first-order valence-corrected chi connectivity index (χ1v) is 6.03. The van der Waals surface area contributed by atoms with Gasteiger partial charge in [0, 0.05) is 13.2 Å². The summed E-state index contributed by atoms with van der Waals surface area (Å²) in [6.07, 6.45) is 4.61. The van der Waals surface area contributed by atoms with E-state index in [9.17, 15) is 4.79 Å². The number of likely N-dealkylation sites (N-methyl/N-ethyl adjacent to an activating group) is 1. The summed E-state index contributed by atoms with van der Waals surface area (Å²) in [5, 5.41) is 2.76. The van der Waals surface area contributed by atoms with Crippen LogP contribution in [0.4, 0.5) is 11.4 Å². The molecular weight excluding hydrogens is 270 g/mol. The fourth-order valence-corrected chi connectivity index (χ4v) is 2.03. The molecule has 1 amide bonds. The predicted octanol–water partition coefficient (Wildman–Crippen LogP) is 2.65. The van der Waals surface area contributed by atoms with E-state index in [0.717, 1.165) is 15.8 Å². The van der Waals surface area contributed by atoms with E-state index in [4.69, 9.17) is 0 Å².